The van der Waals surface area contributed by atoms with Crippen molar-refractivity contribution in [3.8, 4) is 0 Å². The van der Waals surface area contributed by atoms with Gasteiger partial charge in [-0.25, -0.2) is 19.5 Å². The number of aromatic nitrogens is 1. The van der Waals surface area contributed by atoms with E-state index in [1.807, 2.05) is 13.8 Å². The molecule has 1 atom stereocenters. The van der Waals surface area contributed by atoms with Gasteiger partial charge in [0.2, 0.25) is 6.23 Å². The van der Waals surface area contributed by atoms with Crippen LogP contribution < -0.4 is 4.90 Å². The fourth-order valence-electron chi connectivity index (χ4n) is 3.11. The Morgan fingerprint density at radius 1 is 1.36 bits per heavy atom. The Kier molecular flexibility index (Phi) is 4.54. The van der Waals surface area contributed by atoms with Gasteiger partial charge in [-0.15, -0.1) is 0 Å². The first-order chi connectivity index (χ1) is 11.7. The van der Waals surface area contributed by atoms with E-state index in [2.05, 4.69) is 4.98 Å². The van der Waals surface area contributed by atoms with Crippen molar-refractivity contribution in [2.75, 3.05) is 32.2 Å². The summed E-state index contributed by atoms with van der Waals surface area (Å²) in [6.45, 7) is 4.09. The molecule has 25 heavy (non-hydrogen) atoms. The monoisotopic (exact) mass is 367 g/mol. The van der Waals surface area contributed by atoms with Crippen molar-refractivity contribution >= 4 is 34.3 Å². The second-order valence-corrected chi connectivity index (χ2v) is 8.10. The number of hydrogen-bond acceptors (Lipinski definition) is 7. The number of hydrogen-bond donors (Lipinski definition) is 0. The molecule has 9 heteroatoms. The van der Waals surface area contributed by atoms with Crippen molar-refractivity contribution in [1.82, 2.24) is 9.88 Å². The molecule has 2 aliphatic rings. The Labute approximate surface area is 149 Å². The van der Waals surface area contributed by atoms with Crippen LogP contribution in [0, 0.1) is 5.41 Å². The molecule has 2 heterocycles. The number of urea groups is 1. The van der Waals surface area contributed by atoms with Crippen molar-refractivity contribution in [3.05, 3.63) is 10.6 Å². The van der Waals surface area contributed by atoms with Gasteiger partial charge < -0.3 is 14.4 Å². The first-order valence-electron chi connectivity index (χ1n) is 7.97. The summed E-state index contributed by atoms with van der Waals surface area (Å²) in [6.07, 6.45) is 0.356. The van der Waals surface area contributed by atoms with Gasteiger partial charge in [-0.05, 0) is 11.8 Å². The van der Waals surface area contributed by atoms with Crippen LogP contribution >= 0.6 is 11.3 Å². The van der Waals surface area contributed by atoms with Crippen LogP contribution in [-0.2, 0) is 20.7 Å². The molecular weight excluding hydrogens is 346 g/mol. The standard InChI is InChI=1S/C16H21N3O5S/c1-16(2)5-9-13(10(20)6-16)25-14(17-9)19-11(7-18(3)15(19)22)24-12(21)8-23-4/h11H,5-8H2,1-4H3. The maximum Gasteiger partial charge on any atom is 0.334 e. The normalized spacial score (nSPS) is 22.3. The number of Topliss-reactive ketones (excluding diaryl/α,β-unsaturated/α-hetero) is 1. The lowest BCUT2D eigenvalue weighted by atomic mass is 9.78. The second-order valence-electron chi connectivity index (χ2n) is 7.12. The van der Waals surface area contributed by atoms with Crippen LogP contribution in [-0.4, -0.2) is 61.2 Å². The highest BCUT2D eigenvalue weighted by atomic mass is 32.1. The van der Waals surface area contributed by atoms with Crippen LogP contribution in [0.5, 0.6) is 0 Å². The number of likely N-dealkylation sites (N-methyl/N-ethyl adjacent to an activating group) is 1. The Morgan fingerprint density at radius 3 is 2.76 bits per heavy atom. The van der Waals surface area contributed by atoms with E-state index in [1.54, 1.807) is 7.05 Å². The van der Waals surface area contributed by atoms with Crippen LogP contribution in [0.1, 0.15) is 35.6 Å². The number of methoxy groups -OCH3 is 1. The minimum Gasteiger partial charge on any atom is -0.437 e. The third-order valence-corrected chi connectivity index (χ3v) is 5.35. The first kappa shape index (κ1) is 17.8. The lowest BCUT2D eigenvalue weighted by Gasteiger charge is -2.26. The zero-order valence-corrected chi connectivity index (χ0v) is 15.5. The molecule has 3 rings (SSSR count). The molecule has 2 amide bonds. The Hall–Kier alpha value is -2.00. The molecule has 8 nitrogen and oxygen atoms in total. The number of carbonyl (C=O) groups excluding carboxylic acids is 3. The third kappa shape index (κ3) is 3.38. The molecule has 0 N–H and O–H groups in total. The van der Waals surface area contributed by atoms with Gasteiger partial charge in [-0.1, -0.05) is 25.2 Å². The van der Waals surface area contributed by atoms with Crippen molar-refractivity contribution in [2.45, 2.75) is 32.9 Å². The van der Waals surface area contributed by atoms with Gasteiger partial charge in [0.25, 0.3) is 0 Å². The predicted octanol–water partition coefficient (Wildman–Crippen LogP) is 1.69. The number of nitrogens with zero attached hydrogens (tertiary/aromatic N) is 3. The summed E-state index contributed by atoms with van der Waals surface area (Å²) < 4.78 is 10.1. The van der Waals surface area contributed by atoms with E-state index < -0.39 is 12.2 Å². The number of rotatable bonds is 4. The van der Waals surface area contributed by atoms with E-state index in [0.29, 0.717) is 28.5 Å². The number of thiazole rings is 1. The van der Waals surface area contributed by atoms with E-state index in [0.717, 1.165) is 0 Å². The molecule has 1 aliphatic heterocycles. The van der Waals surface area contributed by atoms with E-state index >= 15 is 0 Å². The van der Waals surface area contributed by atoms with Crippen LogP contribution in [0.2, 0.25) is 0 Å². The lowest BCUT2D eigenvalue weighted by Crippen LogP contribution is -2.38. The van der Waals surface area contributed by atoms with E-state index in [1.165, 1.54) is 28.2 Å². The van der Waals surface area contributed by atoms with E-state index in [-0.39, 0.29) is 30.4 Å². The fourth-order valence-corrected chi connectivity index (χ4v) is 4.16. The summed E-state index contributed by atoms with van der Waals surface area (Å²) in [5, 5.41) is 0.389. The fraction of sp³-hybridized carbons (Fsp3) is 0.625. The first-order valence-corrected chi connectivity index (χ1v) is 8.79. The van der Waals surface area contributed by atoms with E-state index in [9.17, 15) is 14.4 Å². The number of amides is 2. The minimum absolute atomic E-state index is 0.0444. The Bertz CT molecular complexity index is 729. The van der Waals surface area contributed by atoms with Gasteiger partial charge in [0.15, 0.2) is 10.9 Å². The van der Waals surface area contributed by atoms with Crippen LogP contribution in [0.25, 0.3) is 0 Å². The average Bonchev–Trinajstić information content (AvgIpc) is 3.00. The van der Waals surface area contributed by atoms with Crippen molar-refractivity contribution in [2.24, 2.45) is 5.41 Å². The largest absolute Gasteiger partial charge is 0.437 e. The number of carbonyl (C=O) groups is 3. The summed E-state index contributed by atoms with van der Waals surface area (Å²) in [4.78, 5) is 44.5. The molecule has 1 unspecified atom stereocenters. The highest BCUT2D eigenvalue weighted by Gasteiger charge is 2.42. The summed E-state index contributed by atoms with van der Waals surface area (Å²) >= 11 is 1.19. The van der Waals surface area contributed by atoms with Crippen LogP contribution in [0.15, 0.2) is 0 Å². The predicted molar refractivity (Wildman–Crippen MR) is 90.8 cm³/mol. The number of ether oxygens (including phenoxy) is 2. The van der Waals surface area contributed by atoms with Gasteiger partial charge in [0.05, 0.1) is 17.1 Å². The van der Waals surface area contributed by atoms with E-state index in [4.69, 9.17) is 9.47 Å². The molecule has 0 radical (unpaired) electrons. The van der Waals surface area contributed by atoms with Crippen LogP contribution in [0.3, 0.4) is 0 Å². The Morgan fingerprint density at radius 2 is 2.08 bits per heavy atom. The summed E-state index contributed by atoms with van der Waals surface area (Å²) in [5.74, 6) is -0.512. The molecule has 1 saturated heterocycles. The SMILES string of the molecule is COCC(=O)OC1CN(C)C(=O)N1c1nc2c(s1)C(=O)CC(C)(C)C2. The van der Waals surface area contributed by atoms with Gasteiger partial charge in [-0.2, -0.15) is 0 Å². The molecular formula is C16H21N3O5S. The van der Waals surface area contributed by atoms with Crippen molar-refractivity contribution < 1.29 is 23.9 Å². The number of ketones is 1. The molecule has 136 valence electrons. The highest BCUT2D eigenvalue weighted by Crippen LogP contribution is 2.40. The Balaban J connectivity index is 1.90. The average molecular weight is 367 g/mol. The van der Waals surface area contributed by atoms with Crippen molar-refractivity contribution in [3.63, 3.8) is 0 Å². The molecule has 1 aromatic heterocycles. The smallest absolute Gasteiger partial charge is 0.334 e. The van der Waals surface area contributed by atoms with Gasteiger partial charge in [-0.3, -0.25) is 4.79 Å². The zero-order valence-electron chi connectivity index (χ0n) is 14.7. The molecule has 1 aliphatic carbocycles. The molecule has 1 fully saturated rings. The zero-order chi connectivity index (χ0) is 18.4. The van der Waals surface area contributed by atoms with Crippen LogP contribution in [0.4, 0.5) is 9.93 Å². The lowest BCUT2D eigenvalue weighted by molar-refractivity contribution is -0.152. The number of anilines is 1. The molecule has 0 bridgehead atoms. The minimum atomic E-state index is -0.782. The maximum atomic E-state index is 12.5. The summed E-state index contributed by atoms with van der Waals surface area (Å²) in [6, 6.07) is -0.312. The van der Waals surface area contributed by atoms with Gasteiger partial charge in [0, 0.05) is 20.6 Å². The second kappa shape index (κ2) is 6.38. The van der Waals surface area contributed by atoms with Gasteiger partial charge >= 0.3 is 12.0 Å². The summed E-state index contributed by atoms with van der Waals surface area (Å²) in [5.41, 5.74) is 0.566. The number of fused-ring (bicyclic) bond motifs is 1. The molecule has 0 saturated carbocycles. The van der Waals surface area contributed by atoms with Gasteiger partial charge in [0.1, 0.15) is 6.61 Å². The summed E-state index contributed by atoms with van der Waals surface area (Å²) in [7, 11) is 3.02. The molecule has 1 aromatic rings. The van der Waals surface area contributed by atoms with Crippen molar-refractivity contribution in [1.29, 1.82) is 0 Å². The highest BCUT2D eigenvalue weighted by molar-refractivity contribution is 7.17. The molecule has 0 aromatic carbocycles. The maximum absolute atomic E-state index is 12.5. The quantitative estimate of drug-likeness (QED) is 0.753. The molecule has 0 spiro atoms. The number of esters is 1. The third-order valence-electron chi connectivity index (χ3n) is 4.21. The topological polar surface area (TPSA) is 89.0 Å².